The van der Waals surface area contributed by atoms with Gasteiger partial charge in [0.1, 0.15) is 5.78 Å². The lowest BCUT2D eigenvalue weighted by Gasteiger charge is -2.37. The van der Waals surface area contributed by atoms with Crippen LogP contribution in [0.15, 0.2) is 0 Å². The van der Waals surface area contributed by atoms with E-state index in [1.54, 1.807) is 0 Å². The highest BCUT2D eigenvalue weighted by atomic mass is 16.1. The molecule has 0 spiro atoms. The zero-order valence-corrected chi connectivity index (χ0v) is 14.4. The van der Waals surface area contributed by atoms with Crippen molar-refractivity contribution in [1.82, 2.24) is 0 Å². The molecule has 1 heteroatoms. The molecule has 2 aliphatic carbocycles. The minimum absolute atomic E-state index is 0.419. The van der Waals surface area contributed by atoms with Crippen LogP contribution in [0.1, 0.15) is 97.3 Å². The van der Waals surface area contributed by atoms with E-state index in [1.807, 2.05) is 0 Å². The molecule has 2 aliphatic rings. The third-order valence-corrected chi connectivity index (χ3v) is 6.23. The van der Waals surface area contributed by atoms with Gasteiger partial charge in [-0.15, -0.1) is 0 Å². The zero-order valence-electron chi connectivity index (χ0n) is 14.4. The number of carbonyl (C=O) groups excluding carboxylic acids is 1. The van der Waals surface area contributed by atoms with Gasteiger partial charge >= 0.3 is 0 Å². The van der Waals surface area contributed by atoms with Crippen molar-refractivity contribution >= 4 is 5.78 Å². The smallest absolute Gasteiger partial charge is 0.136 e. The van der Waals surface area contributed by atoms with Crippen LogP contribution in [0.2, 0.25) is 0 Å². The van der Waals surface area contributed by atoms with E-state index < -0.39 is 0 Å². The largest absolute Gasteiger partial charge is 0.299 e. The maximum Gasteiger partial charge on any atom is 0.136 e. The molecule has 0 aliphatic heterocycles. The summed E-state index contributed by atoms with van der Waals surface area (Å²) in [5.41, 5.74) is 0. The second-order valence-electron chi connectivity index (χ2n) is 7.77. The summed E-state index contributed by atoms with van der Waals surface area (Å²) in [6.45, 7) is 4.53. The van der Waals surface area contributed by atoms with E-state index in [9.17, 15) is 4.79 Å². The number of hydrogen-bond acceptors (Lipinski definition) is 1. The summed E-state index contributed by atoms with van der Waals surface area (Å²) in [6, 6.07) is 0. The fourth-order valence-corrected chi connectivity index (χ4v) is 4.70. The second-order valence-corrected chi connectivity index (χ2v) is 7.77. The summed E-state index contributed by atoms with van der Waals surface area (Å²) in [6.07, 6.45) is 17.0. The molecule has 0 radical (unpaired) electrons. The van der Waals surface area contributed by atoms with E-state index >= 15 is 0 Å². The van der Waals surface area contributed by atoms with Gasteiger partial charge in [0.15, 0.2) is 0 Å². The molecule has 0 amide bonds. The van der Waals surface area contributed by atoms with Crippen LogP contribution in [0.5, 0.6) is 0 Å². The summed E-state index contributed by atoms with van der Waals surface area (Å²) in [5.74, 6) is 3.63. The topological polar surface area (TPSA) is 17.1 Å². The number of Topliss-reactive ketones (excluding diaryl/α,β-unsaturated/α-hetero) is 1. The Morgan fingerprint density at radius 2 is 1.43 bits per heavy atom. The van der Waals surface area contributed by atoms with Gasteiger partial charge < -0.3 is 0 Å². The lowest BCUT2D eigenvalue weighted by atomic mass is 9.68. The molecule has 122 valence electrons. The van der Waals surface area contributed by atoms with Crippen LogP contribution in [0.25, 0.3) is 0 Å². The van der Waals surface area contributed by atoms with E-state index in [1.165, 1.54) is 70.6 Å². The molecule has 0 N–H and O–H groups in total. The Morgan fingerprint density at radius 1 is 0.810 bits per heavy atom. The molecule has 2 saturated carbocycles. The van der Waals surface area contributed by atoms with Crippen molar-refractivity contribution in [3.8, 4) is 0 Å². The van der Waals surface area contributed by atoms with Gasteiger partial charge in [0.05, 0.1) is 0 Å². The highest BCUT2D eigenvalue weighted by Crippen LogP contribution is 2.42. The predicted octanol–water partition coefficient (Wildman–Crippen LogP) is 6.16. The van der Waals surface area contributed by atoms with Crippen LogP contribution in [0.3, 0.4) is 0 Å². The van der Waals surface area contributed by atoms with Crippen molar-refractivity contribution < 1.29 is 4.79 Å². The van der Waals surface area contributed by atoms with Crippen LogP contribution in [0.4, 0.5) is 0 Å². The molecule has 0 saturated heterocycles. The molecule has 21 heavy (non-hydrogen) atoms. The van der Waals surface area contributed by atoms with Gasteiger partial charge in [-0.3, -0.25) is 4.79 Å². The second kappa shape index (κ2) is 8.96. The van der Waals surface area contributed by atoms with E-state index in [2.05, 4.69) is 13.8 Å². The molecule has 0 aromatic rings. The van der Waals surface area contributed by atoms with E-state index in [0.717, 1.165) is 30.6 Å². The Bertz CT molecular complexity index is 301. The van der Waals surface area contributed by atoms with Crippen molar-refractivity contribution in [2.75, 3.05) is 0 Å². The number of ketones is 1. The third kappa shape index (κ3) is 5.11. The summed E-state index contributed by atoms with van der Waals surface area (Å²) in [7, 11) is 0. The van der Waals surface area contributed by atoms with Gasteiger partial charge in [0.2, 0.25) is 0 Å². The molecule has 0 heterocycles. The lowest BCUT2D eigenvalue weighted by Crippen LogP contribution is -2.31. The first-order valence-corrected chi connectivity index (χ1v) is 9.77. The van der Waals surface area contributed by atoms with Gasteiger partial charge in [0.25, 0.3) is 0 Å². The summed E-state index contributed by atoms with van der Waals surface area (Å²) >= 11 is 0. The maximum absolute atomic E-state index is 12.4. The van der Waals surface area contributed by atoms with Crippen molar-refractivity contribution in [3.05, 3.63) is 0 Å². The van der Waals surface area contributed by atoms with Gasteiger partial charge in [-0.2, -0.15) is 0 Å². The number of unbranched alkanes of at least 4 members (excludes halogenated alkanes) is 2. The zero-order chi connectivity index (χ0) is 15.1. The van der Waals surface area contributed by atoms with Crippen molar-refractivity contribution in [3.63, 3.8) is 0 Å². The minimum Gasteiger partial charge on any atom is -0.299 e. The van der Waals surface area contributed by atoms with Crippen LogP contribution < -0.4 is 0 Å². The number of carbonyl (C=O) groups is 1. The molecule has 1 nitrogen and oxygen atoms in total. The number of rotatable bonds is 7. The molecule has 2 fully saturated rings. The number of hydrogen-bond donors (Lipinski definition) is 0. The minimum atomic E-state index is 0.419. The van der Waals surface area contributed by atoms with Crippen LogP contribution in [-0.4, -0.2) is 5.78 Å². The fraction of sp³-hybridized carbons (Fsp3) is 0.950. The first-order chi connectivity index (χ1) is 10.2. The van der Waals surface area contributed by atoms with E-state index in [0.29, 0.717) is 11.7 Å². The van der Waals surface area contributed by atoms with Crippen molar-refractivity contribution in [2.45, 2.75) is 97.3 Å². The predicted molar refractivity (Wildman–Crippen MR) is 90.3 cm³/mol. The van der Waals surface area contributed by atoms with Gasteiger partial charge in [-0.25, -0.2) is 0 Å². The highest BCUT2D eigenvalue weighted by Gasteiger charge is 2.34. The third-order valence-electron chi connectivity index (χ3n) is 6.23. The molecular weight excluding hydrogens is 256 g/mol. The van der Waals surface area contributed by atoms with Gasteiger partial charge in [-0.1, -0.05) is 58.8 Å². The Kier molecular flexibility index (Phi) is 7.26. The van der Waals surface area contributed by atoms with Gasteiger partial charge in [0, 0.05) is 12.3 Å². The quantitative estimate of drug-likeness (QED) is 0.549. The average Bonchev–Trinajstić information content (AvgIpc) is 2.52. The van der Waals surface area contributed by atoms with Gasteiger partial charge in [-0.05, 0) is 49.9 Å². The average molecular weight is 293 g/mol. The summed E-state index contributed by atoms with van der Waals surface area (Å²) in [4.78, 5) is 12.4. The van der Waals surface area contributed by atoms with Crippen LogP contribution in [0, 0.1) is 23.7 Å². The normalized spacial score (nSPS) is 34.1. The molecule has 0 aromatic heterocycles. The Hall–Kier alpha value is -0.330. The fourth-order valence-electron chi connectivity index (χ4n) is 4.70. The molecule has 2 atom stereocenters. The monoisotopic (exact) mass is 292 g/mol. The molecule has 0 unspecified atom stereocenters. The van der Waals surface area contributed by atoms with E-state index in [4.69, 9.17) is 0 Å². The van der Waals surface area contributed by atoms with Crippen LogP contribution in [-0.2, 0) is 4.79 Å². The maximum atomic E-state index is 12.4. The Morgan fingerprint density at radius 3 is 2.05 bits per heavy atom. The molecule has 0 aromatic carbocycles. The summed E-state index contributed by atoms with van der Waals surface area (Å²) in [5, 5.41) is 0. The first-order valence-electron chi connectivity index (χ1n) is 9.77. The van der Waals surface area contributed by atoms with Crippen molar-refractivity contribution in [2.24, 2.45) is 23.7 Å². The Labute approximate surface area is 132 Å². The Balaban J connectivity index is 1.71. The first kappa shape index (κ1) is 17.0. The highest BCUT2D eigenvalue weighted by molar-refractivity contribution is 5.81. The lowest BCUT2D eigenvalue weighted by molar-refractivity contribution is -0.127. The molecule has 0 bridgehead atoms. The van der Waals surface area contributed by atoms with Crippen molar-refractivity contribution in [1.29, 1.82) is 0 Å². The van der Waals surface area contributed by atoms with Crippen LogP contribution >= 0.6 is 0 Å². The molecular formula is C20H36O. The SMILES string of the molecule is CCCCC1CCC([C@@H]2CC[C@@H](CCCC)C(=O)C2)CC1. The standard InChI is InChI=1S/C20H36O/c1-3-5-7-16-9-11-17(12-10-16)19-14-13-18(8-6-4-2)20(21)15-19/h16-19H,3-15H2,1-2H3/t16?,17?,18-,19-/m1/s1. The molecule has 2 rings (SSSR count). The van der Waals surface area contributed by atoms with E-state index in [-0.39, 0.29) is 0 Å². The summed E-state index contributed by atoms with van der Waals surface area (Å²) < 4.78 is 0.